The van der Waals surface area contributed by atoms with Crippen LogP contribution in [-0.2, 0) is 17.5 Å². The Morgan fingerprint density at radius 3 is 2.47 bits per heavy atom. The van der Waals surface area contributed by atoms with Gasteiger partial charge < -0.3 is 0 Å². The molecule has 1 aliphatic carbocycles. The van der Waals surface area contributed by atoms with Gasteiger partial charge >= 0.3 is 6.18 Å². The molecule has 1 N–H and O–H groups in total. The summed E-state index contributed by atoms with van der Waals surface area (Å²) >= 11 is 18.3. The Hall–Kier alpha value is -2.30. The SMILES string of the molecule is CC(C(=O)Nc1ncn(Cc2c(Cl)cccc2Cl)n1)n1nc(C(F)(F)F)c(Cl)c1C1CC1. The lowest BCUT2D eigenvalue weighted by Crippen LogP contribution is -2.26. The Morgan fingerprint density at radius 1 is 1.22 bits per heavy atom. The molecule has 0 saturated heterocycles. The highest BCUT2D eigenvalue weighted by atomic mass is 35.5. The first kappa shape index (κ1) is 22.9. The summed E-state index contributed by atoms with van der Waals surface area (Å²) in [6, 6.07) is 4.02. The fourth-order valence-electron chi connectivity index (χ4n) is 3.23. The molecule has 32 heavy (non-hydrogen) atoms. The van der Waals surface area contributed by atoms with Crippen LogP contribution in [0.2, 0.25) is 15.1 Å². The molecule has 2 heterocycles. The van der Waals surface area contributed by atoms with E-state index in [4.69, 9.17) is 34.8 Å². The first-order chi connectivity index (χ1) is 15.1. The molecule has 3 aromatic rings. The third-order valence-corrected chi connectivity index (χ3v) is 6.10. The van der Waals surface area contributed by atoms with E-state index >= 15 is 0 Å². The maximum Gasteiger partial charge on any atom is 0.436 e. The van der Waals surface area contributed by atoms with Crippen LogP contribution in [0.1, 0.15) is 48.7 Å². The fourth-order valence-corrected chi connectivity index (χ4v) is 4.13. The van der Waals surface area contributed by atoms with Gasteiger partial charge in [0.25, 0.3) is 5.91 Å². The number of nitrogens with zero attached hydrogens (tertiary/aromatic N) is 5. The molecule has 170 valence electrons. The number of halogens is 6. The molecule has 0 aliphatic heterocycles. The van der Waals surface area contributed by atoms with Crippen molar-refractivity contribution in [1.82, 2.24) is 24.5 Å². The van der Waals surface area contributed by atoms with Crippen molar-refractivity contribution < 1.29 is 18.0 Å². The van der Waals surface area contributed by atoms with Crippen molar-refractivity contribution in [1.29, 1.82) is 0 Å². The van der Waals surface area contributed by atoms with Gasteiger partial charge in [0.2, 0.25) is 5.95 Å². The summed E-state index contributed by atoms with van der Waals surface area (Å²) in [6.07, 6.45) is -1.97. The molecular formula is C19H16Cl3F3N6O. The second-order valence-electron chi connectivity index (χ2n) is 7.40. The minimum Gasteiger partial charge on any atom is -0.291 e. The van der Waals surface area contributed by atoms with Gasteiger partial charge in [0.1, 0.15) is 12.4 Å². The molecule has 2 aromatic heterocycles. The molecule has 1 amide bonds. The largest absolute Gasteiger partial charge is 0.436 e. The molecule has 1 saturated carbocycles. The molecule has 0 radical (unpaired) electrons. The summed E-state index contributed by atoms with van der Waals surface area (Å²) in [5.41, 5.74) is -0.347. The zero-order valence-corrected chi connectivity index (χ0v) is 18.8. The van der Waals surface area contributed by atoms with E-state index in [0.29, 0.717) is 28.5 Å². The highest BCUT2D eigenvalue weighted by molar-refractivity contribution is 6.36. The predicted octanol–water partition coefficient (Wildman–Crippen LogP) is 5.58. The predicted molar refractivity (Wildman–Crippen MR) is 113 cm³/mol. The zero-order chi connectivity index (χ0) is 23.2. The Labute approximate surface area is 195 Å². The van der Waals surface area contributed by atoms with Crippen LogP contribution in [0.5, 0.6) is 0 Å². The number of carbonyl (C=O) groups is 1. The number of anilines is 1. The second kappa shape index (κ2) is 8.57. The number of aromatic nitrogens is 5. The van der Waals surface area contributed by atoms with Gasteiger partial charge in [-0.05, 0) is 31.9 Å². The van der Waals surface area contributed by atoms with Crippen LogP contribution < -0.4 is 5.32 Å². The summed E-state index contributed by atoms with van der Waals surface area (Å²) in [5.74, 6) is -0.806. The molecule has 7 nitrogen and oxygen atoms in total. The van der Waals surface area contributed by atoms with Crippen LogP contribution in [0.15, 0.2) is 24.5 Å². The van der Waals surface area contributed by atoms with Gasteiger partial charge in [0.15, 0.2) is 5.69 Å². The van der Waals surface area contributed by atoms with Crippen LogP contribution in [-0.4, -0.2) is 30.5 Å². The molecule has 0 spiro atoms. The maximum atomic E-state index is 13.3. The van der Waals surface area contributed by atoms with Gasteiger partial charge in [-0.2, -0.15) is 18.3 Å². The first-order valence-corrected chi connectivity index (χ1v) is 10.7. The normalized spacial score (nSPS) is 15.1. The van der Waals surface area contributed by atoms with E-state index in [0.717, 1.165) is 4.68 Å². The van der Waals surface area contributed by atoms with Crippen molar-refractivity contribution in [2.75, 3.05) is 5.32 Å². The van der Waals surface area contributed by atoms with E-state index in [-0.39, 0.29) is 24.1 Å². The lowest BCUT2D eigenvalue weighted by Gasteiger charge is -2.14. The molecule has 1 aliphatic rings. The van der Waals surface area contributed by atoms with Gasteiger partial charge in [-0.3, -0.25) is 14.8 Å². The summed E-state index contributed by atoms with van der Waals surface area (Å²) in [4.78, 5) is 16.7. The van der Waals surface area contributed by atoms with Crippen LogP contribution in [0.25, 0.3) is 0 Å². The number of nitrogens with one attached hydrogen (secondary N) is 1. The second-order valence-corrected chi connectivity index (χ2v) is 8.59. The molecule has 1 aromatic carbocycles. The molecule has 0 bridgehead atoms. The monoisotopic (exact) mass is 506 g/mol. The maximum absolute atomic E-state index is 13.3. The van der Waals surface area contributed by atoms with Crippen molar-refractivity contribution in [3.8, 4) is 0 Å². The number of hydrogen-bond acceptors (Lipinski definition) is 4. The Kier molecular flexibility index (Phi) is 6.12. The highest BCUT2D eigenvalue weighted by Gasteiger charge is 2.43. The lowest BCUT2D eigenvalue weighted by atomic mass is 10.2. The van der Waals surface area contributed by atoms with Crippen molar-refractivity contribution in [3.63, 3.8) is 0 Å². The number of amides is 1. The Balaban J connectivity index is 1.52. The Bertz CT molecular complexity index is 1150. The van der Waals surface area contributed by atoms with Gasteiger partial charge in [-0.15, -0.1) is 5.10 Å². The third kappa shape index (κ3) is 4.57. The van der Waals surface area contributed by atoms with Gasteiger partial charge in [0.05, 0.1) is 17.3 Å². The summed E-state index contributed by atoms with van der Waals surface area (Å²) in [7, 11) is 0. The molecule has 1 fully saturated rings. The fraction of sp³-hybridized carbons (Fsp3) is 0.368. The van der Waals surface area contributed by atoms with Gasteiger partial charge in [-0.1, -0.05) is 40.9 Å². The molecular weight excluding hydrogens is 492 g/mol. The van der Waals surface area contributed by atoms with Gasteiger partial charge in [-0.25, -0.2) is 9.67 Å². The summed E-state index contributed by atoms with van der Waals surface area (Å²) < 4.78 is 42.3. The summed E-state index contributed by atoms with van der Waals surface area (Å²) in [6.45, 7) is 1.65. The minimum atomic E-state index is -4.72. The Morgan fingerprint density at radius 2 is 1.88 bits per heavy atom. The number of alkyl halides is 3. The van der Waals surface area contributed by atoms with E-state index in [9.17, 15) is 18.0 Å². The lowest BCUT2D eigenvalue weighted by molar-refractivity contribution is -0.141. The van der Waals surface area contributed by atoms with Crippen molar-refractivity contribution in [2.45, 2.75) is 44.4 Å². The average Bonchev–Trinajstić information content (AvgIpc) is 3.34. The van der Waals surface area contributed by atoms with E-state index < -0.39 is 28.8 Å². The average molecular weight is 508 g/mol. The van der Waals surface area contributed by atoms with E-state index in [1.807, 2.05) is 0 Å². The standard InChI is InChI=1S/C19H16Cl3F3N6O/c1-9(31-15(10-5-6-10)14(22)16(28-31)19(23,24)25)17(32)27-18-26-8-30(29-18)7-11-12(20)3-2-4-13(11)21/h2-4,8-10H,5-7H2,1H3,(H,27,29,32). The van der Waals surface area contributed by atoms with Crippen LogP contribution >= 0.6 is 34.8 Å². The smallest absolute Gasteiger partial charge is 0.291 e. The van der Waals surface area contributed by atoms with Crippen molar-refractivity contribution >= 4 is 46.7 Å². The molecule has 1 unspecified atom stereocenters. The molecule has 1 atom stereocenters. The third-order valence-electron chi connectivity index (χ3n) is 5.02. The van der Waals surface area contributed by atoms with Crippen molar-refractivity contribution in [3.05, 3.63) is 56.5 Å². The van der Waals surface area contributed by atoms with Crippen LogP contribution in [0, 0.1) is 0 Å². The van der Waals surface area contributed by atoms with E-state index in [1.165, 1.54) is 17.9 Å². The zero-order valence-electron chi connectivity index (χ0n) is 16.5. The topological polar surface area (TPSA) is 77.6 Å². The quantitative estimate of drug-likeness (QED) is 0.473. The number of carbonyl (C=O) groups excluding carboxylic acids is 1. The molecule has 13 heteroatoms. The first-order valence-electron chi connectivity index (χ1n) is 9.54. The number of rotatable bonds is 6. The van der Waals surface area contributed by atoms with Gasteiger partial charge in [0, 0.05) is 21.5 Å². The number of benzene rings is 1. The van der Waals surface area contributed by atoms with Crippen LogP contribution in [0.3, 0.4) is 0 Å². The molecule has 4 rings (SSSR count). The highest BCUT2D eigenvalue weighted by Crippen LogP contribution is 2.47. The number of hydrogen-bond donors (Lipinski definition) is 1. The van der Waals surface area contributed by atoms with E-state index in [2.05, 4.69) is 20.5 Å². The summed E-state index contributed by atoms with van der Waals surface area (Å²) in [5, 5.41) is 10.7. The van der Waals surface area contributed by atoms with Crippen molar-refractivity contribution in [2.24, 2.45) is 0 Å². The minimum absolute atomic E-state index is 0.0210. The van der Waals surface area contributed by atoms with E-state index in [1.54, 1.807) is 18.2 Å². The van der Waals surface area contributed by atoms with Crippen LogP contribution in [0.4, 0.5) is 19.1 Å².